The standard InChI is InChI=1S/C22H36N4O5S2/c1-3-23-33(29,30)24-10-5-13-32(27,28)26-11-4-6-18-16-25-12-9-17-14-19(31-2)7-8-20(17)22(25)15-21(18)26/h7-8,14,18,21-24H,3-6,9-13,15-16H2,1-2H3/t18-,21+,22-/m0/s1. The topological polar surface area (TPSA) is 108 Å². The number of benzene rings is 1. The molecule has 3 aliphatic heterocycles. The summed E-state index contributed by atoms with van der Waals surface area (Å²) in [6.45, 7) is 4.56. The lowest BCUT2D eigenvalue weighted by molar-refractivity contribution is 0.0219. The average Bonchev–Trinajstić information content (AvgIpc) is 2.79. The highest BCUT2D eigenvalue weighted by Gasteiger charge is 2.45. The molecule has 11 heteroatoms. The van der Waals surface area contributed by atoms with Gasteiger partial charge in [-0.2, -0.15) is 12.7 Å². The lowest BCUT2D eigenvalue weighted by atomic mass is 9.77. The van der Waals surface area contributed by atoms with Crippen molar-refractivity contribution in [1.82, 2.24) is 18.6 Å². The number of nitrogens with one attached hydrogen (secondary N) is 2. The van der Waals surface area contributed by atoms with Crippen LogP contribution in [0, 0.1) is 5.92 Å². The highest BCUT2D eigenvalue weighted by molar-refractivity contribution is 7.89. The van der Waals surface area contributed by atoms with Crippen LogP contribution in [0.4, 0.5) is 0 Å². The first-order valence-corrected chi connectivity index (χ1v) is 15.0. The van der Waals surface area contributed by atoms with Gasteiger partial charge in [-0.15, -0.1) is 0 Å². The third kappa shape index (κ3) is 5.54. The number of hydrogen-bond acceptors (Lipinski definition) is 6. The first-order valence-electron chi connectivity index (χ1n) is 11.9. The van der Waals surface area contributed by atoms with Crippen LogP contribution in [0.15, 0.2) is 18.2 Å². The summed E-state index contributed by atoms with van der Waals surface area (Å²) in [6, 6.07) is 6.48. The van der Waals surface area contributed by atoms with E-state index in [0.29, 0.717) is 19.0 Å². The van der Waals surface area contributed by atoms with Crippen molar-refractivity contribution in [3.05, 3.63) is 29.3 Å². The molecule has 0 aromatic heterocycles. The third-order valence-corrected chi connectivity index (χ3v) is 10.4. The van der Waals surface area contributed by atoms with Gasteiger partial charge in [-0.3, -0.25) is 4.90 Å². The van der Waals surface area contributed by atoms with Crippen molar-refractivity contribution in [3.8, 4) is 5.75 Å². The summed E-state index contributed by atoms with van der Waals surface area (Å²) in [6.07, 6.45) is 3.97. The number of hydrogen-bond donors (Lipinski definition) is 2. The smallest absolute Gasteiger partial charge is 0.276 e. The molecule has 0 radical (unpaired) electrons. The molecule has 2 N–H and O–H groups in total. The number of fused-ring (bicyclic) bond motifs is 4. The Hall–Kier alpha value is -1.24. The maximum atomic E-state index is 13.3. The van der Waals surface area contributed by atoms with Crippen molar-refractivity contribution in [1.29, 1.82) is 0 Å². The highest BCUT2D eigenvalue weighted by Crippen LogP contribution is 2.44. The molecule has 0 saturated carbocycles. The molecular weight excluding hydrogens is 464 g/mol. The van der Waals surface area contributed by atoms with Crippen molar-refractivity contribution >= 4 is 20.2 Å². The second-order valence-corrected chi connectivity index (χ2v) is 12.8. The van der Waals surface area contributed by atoms with E-state index in [9.17, 15) is 16.8 Å². The fourth-order valence-corrected chi connectivity index (χ4v) is 8.40. The summed E-state index contributed by atoms with van der Waals surface area (Å²) in [5, 5.41) is 0. The highest BCUT2D eigenvalue weighted by atomic mass is 32.2. The van der Waals surface area contributed by atoms with Crippen molar-refractivity contribution in [2.24, 2.45) is 5.92 Å². The molecule has 0 spiro atoms. The van der Waals surface area contributed by atoms with Gasteiger partial charge in [0.25, 0.3) is 10.2 Å². The Bertz CT molecular complexity index is 1050. The zero-order valence-electron chi connectivity index (χ0n) is 19.5. The predicted octanol–water partition coefficient (Wildman–Crippen LogP) is 1.24. The SMILES string of the molecule is CCNS(=O)(=O)NCCCS(=O)(=O)N1CCC[C@H]2CN3CCc4cc(OC)ccc4[C@@H]3C[C@H]21. The summed E-state index contributed by atoms with van der Waals surface area (Å²) in [5.41, 5.74) is 2.59. The lowest BCUT2D eigenvalue weighted by Crippen LogP contribution is -2.57. The van der Waals surface area contributed by atoms with Crippen molar-refractivity contribution in [2.45, 2.75) is 51.1 Å². The van der Waals surface area contributed by atoms with E-state index in [-0.39, 0.29) is 30.8 Å². The van der Waals surface area contributed by atoms with E-state index < -0.39 is 20.2 Å². The molecule has 33 heavy (non-hydrogen) atoms. The van der Waals surface area contributed by atoms with E-state index in [2.05, 4.69) is 26.5 Å². The number of ether oxygens (including phenoxy) is 1. The van der Waals surface area contributed by atoms with Crippen LogP contribution in [0.3, 0.4) is 0 Å². The van der Waals surface area contributed by atoms with E-state index in [1.165, 1.54) is 11.1 Å². The van der Waals surface area contributed by atoms with Crippen LogP contribution in [-0.4, -0.2) is 77.7 Å². The summed E-state index contributed by atoms with van der Waals surface area (Å²) in [7, 11) is -5.35. The van der Waals surface area contributed by atoms with E-state index in [1.54, 1.807) is 18.3 Å². The number of nitrogens with zero attached hydrogens (tertiary/aromatic N) is 2. The Morgan fingerprint density at radius 1 is 1.15 bits per heavy atom. The van der Waals surface area contributed by atoms with E-state index in [1.807, 2.05) is 6.07 Å². The van der Waals surface area contributed by atoms with Gasteiger partial charge in [-0.05, 0) is 61.3 Å². The van der Waals surface area contributed by atoms with Gasteiger partial charge in [-0.25, -0.2) is 17.9 Å². The third-order valence-electron chi connectivity index (χ3n) is 7.18. The van der Waals surface area contributed by atoms with Crippen LogP contribution >= 0.6 is 0 Å². The van der Waals surface area contributed by atoms with Gasteiger partial charge in [0.1, 0.15) is 5.75 Å². The van der Waals surface area contributed by atoms with Crippen LogP contribution in [-0.2, 0) is 26.7 Å². The normalized spacial score (nSPS) is 26.3. The second kappa shape index (κ2) is 10.2. The Kier molecular flexibility index (Phi) is 7.66. The number of methoxy groups -OCH3 is 1. The zero-order chi connectivity index (χ0) is 23.6. The quantitative estimate of drug-likeness (QED) is 0.494. The minimum atomic E-state index is -3.56. The molecule has 0 aliphatic carbocycles. The summed E-state index contributed by atoms with van der Waals surface area (Å²) in [5.74, 6) is 1.16. The van der Waals surface area contributed by atoms with Gasteiger partial charge in [0.05, 0.1) is 12.9 Å². The maximum absolute atomic E-state index is 13.3. The molecule has 1 aromatic carbocycles. The van der Waals surface area contributed by atoms with Crippen LogP contribution in [0.1, 0.15) is 49.8 Å². The molecule has 186 valence electrons. The number of piperidine rings is 2. The van der Waals surface area contributed by atoms with Crippen molar-refractivity contribution < 1.29 is 21.6 Å². The largest absolute Gasteiger partial charge is 0.497 e. The molecule has 2 saturated heterocycles. The molecule has 3 atom stereocenters. The fourth-order valence-electron chi connectivity index (χ4n) is 5.68. The number of sulfonamides is 1. The average molecular weight is 501 g/mol. The molecule has 3 aliphatic rings. The summed E-state index contributed by atoms with van der Waals surface area (Å²) < 4.78 is 61.9. The molecule has 3 heterocycles. The Morgan fingerprint density at radius 3 is 2.73 bits per heavy atom. The van der Waals surface area contributed by atoms with Crippen LogP contribution in [0.25, 0.3) is 0 Å². The molecule has 4 rings (SSSR count). The van der Waals surface area contributed by atoms with Crippen molar-refractivity contribution in [3.63, 3.8) is 0 Å². The summed E-state index contributed by atoms with van der Waals surface area (Å²) >= 11 is 0. The molecular formula is C22H36N4O5S2. The Labute approximate surface area is 198 Å². The van der Waals surface area contributed by atoms with E-state index >= 15 is 0 Å². The van der Waals surface area contributed by atoms with Gasteiger partial charge in [0.2, 0.25) is 10.0 Å². The van der Waals surface area contributed by atoms with Crippen molar-refractivity contribution in [2.75, 3.05) is 45.6 Å². The maximum Gasteiger partial charge on any atom is 0.276 e. The van der Waals surface area contributed by atoms with Crippen LogP contribution < -0.4 is 14.2 Å². The van der Waals surface area contributed by atoms with Gasteiger partial charge >= 0.3 is 0 Å². The zero-order valence-corrected chi connectivity index (χ0v) is 21.1. The Balaban J connectivity index is 1.45. The van der Waals surface area contributed by atoms with Gasteiger partial charge in [0.15, 0.2) is 0 Å². The fraction of sp³-hybridized carbons (Fsp3) is 0.727. The number of rotatable bonds is 9. The Morgan fingerprint density at radius 2 is 1.97 bits per heavy atom. The summed E-state index contributed by atoms with van der Waals surface area (Å²) in [4.78, 5) is 2.53. The van der Waals surface area contributed by atoms with Gasteiger partial charge in [-0.1, -0.05) is 13.0 Å². The minimum Gasteiger partial charge on any atom is -0.497 e. The van der Waals surface area contributed by atoms with Crippen LogP contribution in [0.5, 0.6) is 5.75 Å². The molecule has 9 nitrogen and oxygen atoms in total. The van der Waals surface area contributed by atoms with E-state index in [4.69, 9.17) is 4.74 Å². The van der Waals surface area contributed by atoms with Gasteiger partial charge in [0, 0.05) is 44.8 Å². The first kappa shape index (κ1) is 24.9. The molecule has 0 bridgehead atoms. The van der Waals surface area contributed by atoms with Crippen LogP contribution in [0.2, 0.25) is 0 Å². The predicted molar refractivity (Wildman–Crippen MR) is 128 cm³/mol. The van der Waals surface area contributed by atoms with Gasteiger partial charge < -0.3 is 4.74 Å². The molecule has 2 fully saturated rings. The minimum absolute atomic E-state index is 0.00324. The monoisotopic (exact) mass is 500 g/mol. The first-order chi connectivity index (χ1) is 15.7. The van der Waals surface area contributed by atoms with E-state index in [0.717, 1.165) is 44.5 Å². The lowest BCUT2D eigenvalue weighted by Gasteiger charge is -2.51. The second-order valence-electron chi connectivity index (χ2n) is 9.21. The molecule has 0 unspecified atom stereocenters. The molecule has 1 aromatic rings. The molecule has 0 amide bonds.